The van der Waals surface area contributed by atoms with Gasteiger partial charge in [-0.3, -0.25) is 0 Å². The molecule has 0 atom stereocenters. The minimum absolute atomic E-state index is 0. The Morgan fingerprint density at radius 1 is 0.750 bits per heavy atom. The van der Waals surface area contributed by atoms with Crippen LogP contribution in [-0.2, 0) is 28.0 Å². The largest absolute Gasteiger partial charge is 3.00 e. The first-order valence-corrected chi connectivity index (χ1v) is 0. The molecule has 4 heteroatoms. The Bertz CT molecular complexity index is 6.00. The van der Waals surface area contributed by atoms with Gasteiger partial charge in [-0.15, -0.1) is 0 Å². The van der Waals surface area contributed by atoms with Crippen LogP contribution in [0.4, 0.5) is 0 Å². The van der Waals surface area contributed by atoms with E-state index in [0.717, 1.165) is 0 Å². The predicted molar refractivity (Wildman–Crippen MR) is 7.13 cm³/mol. The molecule has 0 aliphatic carbocycles. The maximum absolute atomic E-state index is 0. The van der Waals surface area contributed by atoms with Crippen molar-refractivity contribution >= 4 is 25.8 Å². The van der Waals surface area contributed by atoms with Gasteiger partial charge in [0.25, 0.3) is 0 Å². The summed E-state index contributed by atoms with van der Waals surface area (Å²) in [6, 6.07) is 0. The SMILES string of the molecule is [Cu+2].[In+3].[O-2].[O-2]. The van der Waals surface area contributed by atoms with Crippen molar-refractivity contribution in [3.63, 3.8) is 0 Å². The van der Waals surface area contributed by atoms with E-state index in [4.69, 9.17) is 0 Å². The molecule has 0 fully saturated rings. The molecule has 0 heterocycles. The zero-order valence-corrected chi connectivity index (χ0v) is 5.93. The maximum atomic E-state index is 0. The van der Waals surface area contributed by atoms with Gasteiger partial charge in [0.05, 0.1) is 0 Å². The summed E-state index contributed by atoms with van der Waals surface area (Å²) in [6.07, 6.45) is 0. The second kappa shape index (κ2) is 27.5. The second-order valence-electron chi connectivity index (χ2n) is 0. The van der Waals surface area contributed by atoms with Crippen LogP contribution in [0.2, 0.25) is 0 Å². The summed E-state index contributed by atoms with van der Waals surface area (Å²) in [5.41, 5.74) is 0. The molecule has 0 aromatic rings. The third-order valence-corrected chi connectivity index (χ3v) is 0. The maximum Gasteiger partial charge on any atom is 3.00 e. The molecular weight excluding hydrogens is 210 g/mol. The van der Waals surface area contributed by atoms with Crippen LogP contribution in [0.5, 0.6) is 0 Å². The van der Waals surface area contributed by atoms with Gasteiger partial charge in [-0.25, -0.2) is 0 Å². The molecule has 0 unspecified atom stereocenters. The standard InChI is InChI=1S/Cu.In.2O/q+2;+3;2*-2. The van der Waals surface area contributed by atoms with Crippen LogP contribution in [0.15, 0.2) is 0 Å². The quantitative estimate of drug-likeness (QED) is 0.479. The third kappa shape index (κ3) is 10.3. The Morgan fingerprint density at radius 2 is 0.750 bits per heavy atom. The van der Waals surface area contributed by atoms with E-state index in [1.807, 2.05) is 0 Å². The van der Waals surface area contributed by atoms with Crippen molar-refractivity contribution < 1.29 is 28.0 Å². The van der Waals surface area contributed by atoms with Crippen molar-refractivity contribution in [2.24, 2.45) is 0 Å². The summed E-state index contributed by atoms with van der Waals surface area (Å²) in [7, 11) is 0. The number of rotatable bonds is 0. The fraction of sp³-hybridized carbons (Fsp3) is 0. The Kier molecular flexibility index (Phi) is 396. The molecule has 0 bridgehead atoms. The summed E-state index contributed by atoms with van der Waals surface area (Å²) in [6.45, 7) is 0. The minimum atomic E-state index is 0. The monoisotopic (exact) mass is 210 g/mol. The smallest absolute Gasteiger partial charge is 2.00 e. The van der Waals surface area contributed by atoms with Crippen LogP contribution in [0.3, 0.4) is 0 Å². The summed E-state index contributed by atoms with van der Waals surface area (Å²) < 4.78 is 0. The zero-order valence-electron chi connectivity index (χ0n) is 1.70. The van der Waals surface area contributed by atoms with Crippen LogP contribution in [0.25, 0.3) is 0 Å². The predicted octanol–water partition coefficient (Wildman–Crippen LogP) is -0.621. The van der Waals surface area contributed by atoms with Crippen LogP contribution in [-0.4, -0.2) is 25.8 Å². The Hall–Kier alpha value is 1.31. The third-order valence-electron chi connectivity index (χ3n) is 0. The van der Waals surface area contributed by atoms with E-state index in [-0.39, 0.29) is 53.9 Å². The topological polar surface area (TPSA) is 57.0 Å². The molecular formula is CuInO2+. The molecule has 25 valence electrons. The molecule has 0 spiro atoms. The van der Waals surface area contributed by atoms with Crippen molar-refractivity contribution in [1.82, 2.24) is 0 Å². The first-order chi connectivity index (χ1) is 0. The van der Waals surface area contributed by atoms with Crippen molar-refractivity contribution in [3.8, 4) is 0 Å². The molecule has 0 aromatic heterocycles. The van der Waals surface area contributed by atoms with E-state index in [1.165, 1.54) is 0 Å². The van der Waals surface area contributed by atoms with Crippen LogP contribution in [0, 0.1) is 0 Å². The first-order valence-electron chi connectivity index (χ1n) is 0. The molecule has 0 aromatic carbocycles. The molecule has 0 amide bonds. The van der Waals surface area contributed by atoms with Crippen molar-refractivity contribution in [2.75, 3.05) is 0 Å². The molecule has 0 rings (SSSR count). The van der Waals surface area contributed by atoms with Gasteiger partial charge in [-0.2, -0.15) is 0 Å². The Balaban J connectivity index is 0. The van der Waals surface area contributed by atoms with Crippen molar-refractivity contribution in [2.45, 2.75) is 0 Å². The van der Waals surface area contributed by atoms with Gasteiger partial charge in [-0.1, -0.05) is 0 Å². The van der Waals surface area contributed by atoms with E-state index in [1.54, 1.807) is 0 Å². The van der Waals surface area contributed by atoms with E-state index in [0.29, 0.717) is 0 Å². The van der Waals surface area contributed by atoms with Gasteiger partial charge in [0, 0.05) is 0 Å². The average molecular weight is 210 g/mol. The molecule has 0 aliphatic rings. The van der Waals surface area contributed by atoms with Gasteiger partial charge in [0.1, 0.15) is 0 Å². The summed E-state index contributed by atoms with van der Waals surface area (Å²) in [4.78, 5) is 0. The Morgan fingerprint density at radius 3 is 0.750 bits per heavy atom. The summed E-state index contributed by atoms with van der Waals surface area (Å²) in [5.74, 6) is 0. The van der Waals surface area contributed by atoms with Gasteiger partial charge in [-0.05, 0) is 0 Å². The van der Waals surface area contributed by atoms with Gasteiger partial charge in [0.2, 0.25) is 0 Å². The summed E-state index contributed by atoms with van der Waals surface area (Å²) >= 11 is 0. The molecule has 1 radical (unpaired) electrons. The fourth-order valence-electron chi connectivity index (χ4n) is 0. The number of hydrogen-bond donors (Lipinski definition) is 0. The molecule has 0 saturated heterocycles. The van der Waals surface area contributed by atoms with E-state index >= 15 is 0 Å². The molecule has 4 heavy (non-hydrogen) atoms. The van der Waals surface area contributed by atoms with Crippen molar-refractivity contribution in [1.29, 1.82) is 0 Å². The molecule has 0 aliphatic heterocycles. The normalized spacial score (nSPS) is 0. The second-order valence-corrected chi connectivity index (χ2v) is 0. The van der Waals surface area contributed by atoms with Crippen LogP contribution in [0.1, 0.15) is 0 Å². The minimum Gasteiger partial charge on any atom is -2.00 e. The van der Waals surface area contributed by atoms with Crippen LogP contribution < -0.4 is 0 Å². The Labute approximate surface area is 53.8 Å². The molecule has 0 N–H and O–H groups in total. The van der Waals surface area contributed by atoms with E-state index in [9.17, 15) is 0 Å². The molecule has 0 saturated carbocycles. The average Bonchev–Trinajstić information content (AvgIpc) is 0. The van der Waals surface area contributed by atoms with Gasteiger partial charge in [0.15, 0.2) is 0 Å². The fourth-order valence-corrected chi connectivity index (χ4v) is 0. The number of hydrogen-bond acceptors (Lipinski definition) is 0. The van der Waals surface area contributed by atoms with Crippen molar-refractivity contribution in [3.05, 3.63) is 0 Å². The summed E-state index contributed by atoms with van der Waals surface area (Å²) in [5, 5.41) is 0. The van der Waals surface area contributed by atoms with Crippen LogP contribution >= 0.6 is 0 Å². The van der Waals surface area contributed by atoms with Gasteiger partial charge < -0.3 is 11.0 Å². The van der Waals surface area contributed by atoms with E-state index < -0.39 is 0 Å². The van der Waals surface area contributed by atoms with E-state index in [2.05, 4.69) is 0 Å². The first kappa shape index (κ1) is 57.5. The zero-order chi connectivity index (χ0) is 0. The van der Waals surface area contributed by atoms with Gasteiger partial charge >= 0.3 is 42.9 Å². The molecule has 2 nitrogen and oxygen atoms in total.